The van der Waals surface area contributed by atoms with Crippen molar-refractivity contribution in [1.29, 1.82) is 0 Å². The van der Waals surface area contributed by atoms with E-state index in [1.807, 2.05) is 24.1 Å². The van der Waals surface area contributed by atoms with E-state index in [-0.39, 0.29) is 18.2 Å². The molecule has 0 bridgehead atoms. The van der Waals surface area contributed by atoms with Gasteiger partial charge in [0.2, 0.25) is 0 Å². The van der Waals surface area contributed by atoms with Gasteiger partial charge in [-0.3, -0.25) is 9.36 Å². The molecule has 1 aliphatic heterocycles. The van der Waals surface area contributed by atoms with E-state index in [0.717, 1.165) is 17.9 Å². The number of carbonyl (C=O) groups excluding carboxylic acids is 1. The molecule has 2 aliphatic rings. The number of anilines is 1. The molecule has 0 aromatic carbocycles. The molecular formula is C17H24N6O2. The quantitative estimate of drug-likeness (QED) is 0.871. The Bertz CT molecular complexity index is 750. The Labute approximate surface area is 146 Å². The van der Waals surface area contributed by atoms with Gasteiger partial charge in [-0.2, -0.15) is 10.2 Å². The van der Waals surface area contributed by atoms with Crippen LogP contribution in [0.1, 0.15) is 43.9 Å². The van der Waals surface area contributed by atoms with Crippen molar-refractivity contribution in [3.05, 3.63) is 30.4 Å². The van der Waals surface area contributed by atoms with E-state index in [0.29, 0.717) is 18.3 Å². The second kappa shape index (κ2) is 6.51. The summed E-state index contributed by atoms with van der Waals surface area (Å²) in [5.74, 6) is 0.720. The van der Waals surface area contributed by atoms with E-state index < -0.39 is 0 Å². The van der Waals surface area contributed by atoms with Crippen LogP contribution < -0.4 is 10.6 Å². The zero-order valence-corrected chi connectivity index (χ0v) is 14.6. The topological polar surface area (TPSA) is 86.0 Å². The van der Waals surface area contributed by atoms with Crippen LogP contribution >= 0.6 is 0 Å². The number of aromatic nitrogens is 4. The lowest BCUT2D eigenvalue weighted by Crippen LogP contribution is -2.39. The maximum Gasteiger partial charge on any atom is 0.319 e. The first-order valence-corrected chi connectivity index (χ1v) is 8.82. The maximum absolute atomic E-state index is 12.3. The molecule has 1 saturated heterocycles. The lowest BCUT2D eigenvalue weighted by molar-refractivity contribution is 0.100. The number of nitrogens with zero attached hydrogens (tertiary/aromatic N) is 4. The number of hydrogen-bond acceptors (Lipinski definition) is 4. The van der Waals surface area contributed by atoms with E-state index in [4.69, 9.17) is 4.74 Å². The highest BCUT2D eigenvalue weighted by molar-refractivity contribution is 5.89. The van der Waals surface area contributed by atoms with Gasteiger partial charge < -0.3 is 15.4 Å². The highest BCUT2D eigenvalue weighted by Gasteiger charge is 2.32. The largest absolute Gasteiger partial charge is 0.371 e. The Hall–Kier alpha value is -2.35. The molecule has 3 heterocycles. The highest BCUT2D eigenvalue weighted by Crippen LogP contribution is 2.39. The van der Waals surface area contributed by atoms with E-state index in [1.165, 1.54) is 12.8 Å². The van der Waals surface area contributed by atoms with E-state index in [1.54, 1.807) is 17.1 Å². The molecule has 3 atom stereocenters. The van der Waals surface area contributed by atoms with Crippen LogP contribution in [0.3, 0.4) is 0 Å². The molecule has 2 N–H and O–H groups in total. The van der Waals surface area contributed by atoms with Crippen LogP contribution in [0.15, 0.2) is 24.8 Å². The Morgan fingerprint density at radius 1 is 1.28 bits per heavy atom. The third-order valence-corrected chi connectivity index (χ3v) is 5.04. The molecule has 2 fully saturated rings. The first-order valence-electron chi connectivity index (χ1n) is 8.82. The third-order valence-electron chi connectivity index (χ3n) is 5.04. The molecule has 25 heavy (non-hydrogen) atoms. The predicted octanol–water partition coefficient (Wildman–Crippen LogP) is 2.24. The van der Waals surface area contributed by atoms with Crippen molar-refractivity contribution in [2.45, 2.75) is 44.4 Å². The van der Waals surface area contributed by atoms with Gasteiger partial charge in [-0.15, -0.1) is 0 Å². The first-order chi connectivity index (χ1) is 12.1. The summed E-state index contributed by atoms with van der Waals surface area (Å²) in [6.07, 6.45) is 10.5. The fourth-order valence-corrected chi connectivity index (χ4v) is 3.41. The fraction of sp³-hybridized carbons (Fsp3) is 0.588. The number of amides is 2. The molecular weight excluding hydrogens is 320 g/mol. The first kappa shape index (κ1) is 16.1. The van der Waals surface area contributed by atoms with Crippen molar-refractivity contribution in [2.75, 3.05) is 11.9 Å². The van der Waals surface area contributed by atoms with Crippen LogP contribution in [-0.4, -0.2) is 38.2 Å². The van der Waals surface area contributed by atoms with Crippen LogP contribution in [0, 0.1) is 5.92 Å². The molecule has 0 spiro atoms. The smallest absolute Gasteiger partial charge is 0.319 e. The standard InChI is InChI=1S/C17H24N6O2/c1-11(12-3-4-12)23-10-14(8-19-23)20-17(24)21-15-5-6-25-16(15)13-7-18-22(2)9-13/h7-12,15-16H,3-6H2,1-2H3,(H2,20,21,24)/t11-,15-,16+/m0/s1. The summed E-state index contributed by atoms with van der Waals surface area (Å²) in [5, 5.41) is 14.4. The van der Waals surface area contributed by atoms with Crippen LogP contribution in [0.2, 0.25) is 0 Å². The fourth-order valence-electron chi connectivity index (χ4n) is 3.41. The minimum absolute atomic E-state index is 0.0652. The number of ether oxygens (including phenoxy) is 1. The second-order valence-corrected chi connectivity index (χ2v) is 7.02. The van der Waals surface area contributed by atoms with Gasteiger partial charge in [-0.25, -0.2) is 4.79 Å². The van der Waals surface area contributed by atoms with Gasteiger partial charge >= 0.3 is 6.03 Å². The normalized spacial score (nSPS) is 24.2. The summed E-state index contributed by atoms with van der Waals surface area (Å²) in [4.78, 5) is 12.3. The van der Waals surface area contributed by atoms with Gasteiger partial charge in [-0.1, -0.05) is 0 Å². The lowest BCUT2D eigenvalue weighted by atomic mass is 10.1. The van der Waals surface area contributed by atoms with Gasteiger partial charge in [0.15, 0.2) is 0 Å². The second-order valence-electron chi connectivity index (χ2n) is 7.02. The zero-order chi connectivity index (χ0) is 17.4. The summed E-state index contributed by atoms with van der Waals surface area (Å²) in [5.41, 5.74) is 1.69. The number of carbonyl (C=O) groups is 1. The van der Waals surface area contributed by atoms with Crippen LogP contribution in [0.4, 0.5) is 10.5 Å². The van der Waals surface area contributed by atoms with Gasteiger partial charge in [-0.05, 0) is 32.1 Å². The molecule has 2 amide bonds. The minimum Gasteiger partial charge on any atom is -0.371 e. The molecule has 1 aliphatic carbocycles. The van der Waals surface area contributed by atoms with Crippen molar-refractivity contribution in [2.24, 2.45) is 13.0 Å². The Morgan fingerprint density at radius 3 is 2.84 bits per heavy atom. The lowest BCUT2D eigenvalue weighted by Gasteiger charge is -2.18. The molecule has 0 unspecified atom stereocenters. The summed E-state index contributed by atoms with van der Waals surface area (Å²) in [6, 6.07) is 0.0875. The van der Waals surface area contributed by atoms with Crippen LogP contribution in [0.25, 0.3) is 0 Å². The van der Waals surface area contributed by atoms with E-state index in [2.05, 4.69) is 27.8 Å². The van der Waals surface area contributed by atoms with Gasteiger partial charge in [0.1, 0.15) is 6.10 Å². The number of rotatable bonds is 5. The molecule has 8 nitrogen and oxygen atoms in total. The molecule has 134 valence electrons. The van der Waals surface area contributed by atoms with Gasteiger partial charge in [0.25, 0.3) is 0 Å². The molecule has 8 heteroatoms. The van der Waals surface area contributed by atoms with Crippen molar-refractivity contribution >= 4 is 11.7 Å². The summed E-state index contributed by atoms with van der Waals surface area (Å²) < 4.78 is 9.45. The minimum atomic E-state index is -0.233. The van der Waals surface area contributed by atoms with Gasteiger partial charge in [0, 0.05) is 31.6 Å². The van der Waals surface area contributed by atoms with Crippen LogP contribution in [0.5, 0.6) is 0 Å². The number of hydrogen-bond donors (Lipinski definition) is 2. The number of aryl methyl sites for hydroxylation is 1. The van der Waals surface area contributed by atoms with E-state index >= 15 is 0 Å². The van der Waals surface area contributed by atoms with E-state index in [9.17, 15) is 4.79 Å². The Morgan fingerprint density at radius 2 is 2.12 bits per heavy atom. The van der Waals surface area contributed by atoms with Crippen molar-refractivity contribution in [3.63, 3.8) is 0 Å². The molecule has 4 rings (SSSR count). The molecule has 0 radical (unpaired) electrons. The third kappa shape index (κ3) is 3.53. The van der Waals surface area contributed by atoms with Crippen molar-refractivity contribution in [3.8, 4) is 0 Å². The summed E-state index contributed by atoms with van der Waals surface area (Å²) >= 11 is 0. The van der Waals surface area contributed by atoms with Crippen molar-refractivity contribution < 1.29 is 9.53 Å². The van der Waals surface area contributed by atoms with Crippen LogP contribution in [-0.2, 0) is 11.8 Å². The Balaban J connectivity index is 1.35. The Kier molecular flexibility index (Phi) is 4.20. The SMILES string of the molecule is C[C@@H](C1CC1)n1cc(NC(=O)N[C@H]2CCO[C@@H]2c2cnn(C)c2)cn1. The monoisotopic (exact) mass is 344 g/mol. The number of urea groups is 1. The summed E-state index contributed by atoms with van der Waals surface area (Å²) in [6.45, 7) is 2.80. The molecule has 2 aromatic heterocycles. The highest BCUT2D eigenvalue weighted by atomic mass is 16.5. The zero-order valence-electron chi connectivity index (χ0n) is 14.6. The average molecular weight is 344 g/mol. The molecule has 2 aromatic rings. The van der Waals surface area contributed by atoms with Crippen molar-refractivity contribution in [1.82, 2.24) is 24.9 Å². The number of nitrogens with one attached hydrogen (secondary N) is 2. The maximum atomic E-state index is 12.3. The average Bonchev–Trinajstić information content (AvgIpc) is 2.94. The van der Waals surface area contributed by atoms with Gasteiger partial charge in [0.05, 0.1) is 30.2 Å². The predicted molar refractivity (Wildman–Crippen MR) is 92.1 cm³/mol. The summed E-state index contributed by atoms with van der Waals surface area (Å²) in [7, 11) is 1.87. The molecule has 1 saturated carbocycles.